The van der Waals surface area contributed by atoms with Gasteiger partial charge in [-0.3, -0.25) is 0 Å². The van der Waals surface area contributed by atoms with E-state index in [0.717, 1.165) is 0 Å². The summed E-state index contributed by atoms with van der Waals surface area (Å²) in [5.41, 5.74) is -2.94. The van der Waals surface area contributed by atoms with Gasteiger partial charge in [-0.05, 0) is 0 Å². The average Bonchev–Trinajstić information content (AvgIpc) is 1.65. The quantitative estimate of drug-likeness (QED) is 0.307. The first kappa shape index (κ1) is 7.84. The van der Waals surface area contributed by atoms with Crippen molar-refractivity contribution in [2.24, 2.45) is 0 Å². The van der Waals surface area contributed by atoms with Crippen molar-refractivity contribution in [3.8, 4) is 0 Å². The van der Waals surface area contributed by atoms with E-state index in [-0.39, 0.29) is 0 Å². The SMILES string of the molecule is C=C([O-])C([CH2+])([O])C(=O)[O-]. The molecule has 0 amide bonds. The molecule has 1 atom stereocenters. The van der Waals surface area contributed by atoms with Gasteiger partial charge in [-0.2, -0.15) is 5.11 Å². The van der Waals surface area contributed by atoms with Gasteiger partial charge in [0.05, 0.1) is 0 Å². The Morgan fingerprint density at radius 2 is 1.89 bits per heavy atom. The third-order valence-electron chi connectivity index (χ3n) is 0.780. The Hall–Kier alpha value is -1.16. The van der Waals surface area contributed by atoms with Crippen molar-refractivity contribution < 1.29 is 20.1 Å². The molecule has 0 aliphatic rings. The molecule has 0 aromatic carbocycles. The van der Waals surface area contributed by atoms with Crippen LogP contribution in [0, 0.1) is 6.92 Å². The first-order valence-corrected chi connectivity index (χ1v) is 2.02. The third-order valence-corrected chi connectivity index (χ3v) is 0.780. The summed E-state index contributed by atoms with van der Waals surface area (Å²) in [6.45, 7) is 5.14. The number of rotatable bonds is 2. The minimum atomic E-state index is -2.94. The molecule has 0 fully saturated rings. The van der Waals surface area contributed by atoms with Crippen LogP contribution in [0.2, 0.25) is 0 Å². The molecule has 0 heterocycles. The maximum absolute atomic E-state index is 10.3. The average molecular weight is 128 g/mol. The molecule has 0 aliphatic carbocycles. The minimum Gasteiger partial charge on any atom is -0.870 e. The zero-order valence-corrected chi connectivity index (χ0v) is 4.55. The van der Waals surface area contributed by atoms with Gasteiger partial charge in [-0.15, -0.1) is 6.58 Å². The Kier molecular flexibility index (Phi) is 1.73. The molecular weight excluding hydrogens is 124 g/mol. The fourth-order valence-corrected chi connectivity index (χ4v) is 0.114. The van der Waals surface area contributed by atoms with Crippen molar-refractivity contribution in [2.45, 2.75) is 5.60 Å². The zero-order valence-electron chi connectivity index (χ0n) is 4.55. The Bertz CT molecular complexity index is 131. The summed E-state index contributed by atoms with van der Waals surface area (Å²) in [6.07, 6.45) is 0. The van der Waals surface area contributed by atoms with Crippen LogP contribution in [-0.2, 0) is 9.90 Å². The number of carboxylic acids is 1. The minimum absolute atomic E-state index is 1.30. The lowest BCUT2D eigenvalue weighted by Crippen LogP contribution is -2.49. The highest BCUT2D eigenvalue weighted by atomic mass is 16.4. The summed E-state index contributed by atoms with van der Waals surface area (Å²) in [4.78, 5) is 9.72. The van der Waals surface area contributed by atoms with Crippen molar-refractivity contribution in [3.05, 3.63) is 19.3 Å². The fraction of sp³-hybridized carbons (Fsp3) is 0.200. The maximum atomic E-state index is 10.3. The van der Waals surface area contributed by atoms with E-state index in [1.165, 1.54) is 0 Å². The molecule has 0 bridgehead atoms. The van der Waals surface area contributed by atoms with Gasteiger partial charge >= 0.3 is 0 Å². The molecule has 1 radical (unpaired) electrons. The first-order valence-electron chi connectivity index (χ1n) is 2.02. The monoisotopic (exact) mass is 128 g/mol. The number of hydrogen-bond donors (Lipinski definition) is 0. The van der Waals surface area contributed by atoms with Crippen molar-refractivity contribution in [2.75, 3.05) is 0 Å². The van der Waals surface area contributed by atoms with Crippen LogP contribution >= 0.6 is 0 Å². The molecule has 0 aliphatic heterocycles. The second kappa shape index (κ2) is 1.99. The number of hydrogen-bond acceptors (Lipinski definition) is 3. The maximum Gasteiger partial charge on any atom is 0.286 e. The van der Waals surface area contributed by atoms with E-state index < -0.39 is 17.3 Å². The second-order valence-electron chi connectivity index (χ2n) is 1.54. The van der Waals surface area contributed by atoms with Crippen LogP contribution in [0.3, 0.4) is 0 Å². The van der Waals surface area contributed by atoms with Crippen molar-refractivity contribution >= 4 is 5.97 Å². The van der Waals surface area contributed by atoms with Crippen LogP contribution in [0.25, 0.3) is 0 Å². The third kappa shape index (κ3) is 1.36. The summed E-state index contributed by atoms with van der Waals surface area (Å²) in [5, 5.41) is 30.0. The highest BCUT2D eigenvalue weighted by Gasteiger charge is 2.30. The molecule has 49 valence electrons. The summed E-state index contributed by atoms with van der Waals surface area (Å²) < 4.78 is 0. The number of carbonyl (C=O) groups excluding carboxylic acids is 1. The fourth-order valence-electron chi connectivity index (χ4n) is 0.114. The lowest BCUT2D eigenvalue weighted by Gasteiger charge is -2.20. The lowest BCUT2D eigenvalue weighted by molar-refractivity contribution is -0.359. The van der Waals surface area contributed by atoms with Crippen LogP contribution in [0.4, 0.5) is 0 Å². The van der Waals surface area contributed by atoms with Crippen LogP contribution in [0.5, 0.6) is 0 Å². The zero-order chi connectivity index (χ0) is 7.65. The normalized spacial score (nSPS) is 16.1. The standard InChI is InChI=1S/C5H5O4/c1-3(6)5(2,9)4(7)8/h1-2H2,(H-,6,7,8)/p-1. The Balaban J connectivity index is 4.38. The van der Waals surface area contributed by atoms with E-state index in [4.69, 9.17) is 0 Å². The number of carbonyl (C=O) groups is 1. The largest absolute Gasteiger partial charge is 0.870 e. The highest BCUT2D eigenvalue weighted by molar-refractivity contribution is 5.79. The summed E-state index contributed by atoms with van der Waals surface area (Å²) in [5.74, 6) is -3.36. The molecule has 0 N–H and O–H groups in total. The molecule has 4 nitrogen and oxygen atoms in total. The molecule has 1 unspecified atom stereocenters. The molecule has 9 heavy (non-hydrogen) atoms. The van der Waals surface area contributed by atoms with Crippen molar-refractivity contribution in [3.63, 3.8) is 0 Å². The van der Waals surface area contributed by atoms with E-state index in [1.807, 2.05) is 0 Å². The molecule has 0 saturated carbocycles. The van der Waals surface area contributed by atoms with Crippen molar-refractivity contribution in [1.29, 1.82) is 0 Å². The molecule has 0 rings (SSSR count). The van der Waals surface area contributed by atoms with Gasteiger partial charge in [-0.25, -0.2) is 0 Å². The van der Waals surface area contributed by atoms with Crippen LogP contribution < -0.4 is 10.2 Å². The summed E-state index contributed by atoms with van der Waals surface area (Å²) >= 11 is 0. The predicted molar refractivity (Wildman–Crippen MR) is 22.9 cm³/mol. The van der Waals surface area contributed by atoms with Gasteiger partial charge in [0.1, 0.15) is 12.9 Å². The molecule has 0 aromatic heterocycles. The van der Waals surface area contributed by atoms with Gasteiger partial charge in [-0.1, -0.05) is 5.76 Å². The van der Waals surface area contributed by atoms with Crippen molar-refractivity contribution in [1.82, 2.24) is 0 Å². The molecule has 0 aromatic rings. The molecule has 0 saturated heterocycles. The smallest absolute Gasteiger partial charge is 0.286 e. The van der Waals surface area contributed by atoms with Crippen LogP contribution in [0.15, 0.2) is 12.3 Å². The highest BCUT2D eigenvalue weighted by Crippen LogP contribution is 2.06. The molecule has 0 spiro atoms. The van der Waals surface area contributed by atoms with E-state index in [2.05, 4.69) is 13.5 Å². The van der Waals surface area contributed by atoms with E-state index in [1.54, 1.807) is 0 Å². The summed E-state index contributed by atoms with van der Waals surface area (Å²) in [7, 11) is 0. The Labute approximate surface area is 52.1 Å². The number of carboxylic acid groups (broad SMARTS) is 1. The van der Waals surface area contributed by atoms with Crippen LogP contribution in [0.1, 0.15) is 0 Å². The van der Waals surface area contributed by atoms with E-state index >= 15 is 0 Å². The van der Waals surface area contributed by atoms with Gasteiger partial charge in [0.25, 0.3) is 5.60 Å². The van der Waals surface area contributed by atoms with Crippen LogP contribution in [-0.4, -0.2) is 11.6 Å². The van der Waals surface area contributed by atoms with Gasteiger partial charge in [0.15, 0.2) is 0 Å². The summed E-state index contributed by atoms with van der Waals surface area (Å²) in [6, 6.07) is 0. The Morgan fingerprint density at radius 1 is 1.56 bits per heavy atom. The topological polar surface area (TPSA) is 83.1 Å². The van der Waals surface area contributed by atoms with Gasteiger partial charge < -0.3 is 15.0 Å². The van der Waals surface area contributed by atoms with Gasteiger partial charge in [0, 0.05) is 0 Å². The molecular formula is C5H4O4-. The van der Waals surface area contributed by atoms with Gasteiger partial charge in [0.2, 0.25) is 0 Å². The Morgan fingerprint density at radius 3 is 1.89 bits per heavy atom. The number of aliphatic carboxylic acids is 1. The van der Waals surface area contributed by atoms with E-state index in [9.17, 15) is 20.1 Å². The second-order valence-corrected chi connectivity index (χ2v) is 1.54. The molecule has 4 heteroatoms. The first-order chi connectivity index (χ1) is 3.89. The lowest BCUT2D eigenvalue weighted by atomic mass is 10.1. The predicted octanol–water partition coefficient (Wildman–Crippen LogP) is -2.39. The van der Waals surface area contributed by atoms with E-state index in [0.29, 0.717) is 0 Å².